The average molecular weight is 384 g/mol. The summed E-state index contributed by atoms with van der Waals surface area (Å²) in [4.78, 5) is 21.2. The van der Waals surface area contributed by atoms with Crippen LogP contribution in [0.1, 0.15) is 28.6 Å². The number of ether oxygens (including phenoxy) is 1. The van der Waals surface area contributed by atoms with Gasteiger partial charge in [0.1, 0.15) is 5.75 Å². The molecule has 1 aliphatic heterocycles. The molecule has 2 aromatic rings. The van der Waals surface area contributed by atoms with Crippen molar-refractivity contribution in [2.45, 2.75) is 20.4 Å². The normalized spacial score (nSPS) is 14.9. The van der Waals surface area contributed by atoms with E-state index in [9.17, 15) is 4.79 Å². The third-order valence-corrected chi connectivity index (χ3v) is 4.69. The van der Waals surface area contributed by atoms with Gasteiger partial charge in [-0.1, -0.05) is 6.07 Å². The van der Waals surface area contributed by atoms with E-state index in [-0.39, 0.29) is 5.91 Å². The van der Waals surface area contributed by atoms with Crippen molar-refractivity contribution in [3.8, 4) is 5.75 Å². The van der Waals surface area contributed by atoms with E-state index in [0.717, 1.165) is 42.5 Å². The number of piperazine rings is 1. The Hall–Kier alpha value is -2.96. The Morgan fingerprint density at radius 3 is 2.61 bits per heavy atom. The molecule has 1 aliphatic rings. The van der Waals surface area contributed by atoms with Gasteiger partial charge in [-0.05, 0) is 49.2 Å². The van der Waals surface area contributed by atoms with Crippen LogP contribution in [-0.2, 0) is 6.54 Å². The van der Waals surface area contributed by atoms with Gasteiger partial charge in [-0.2, -0.15) is 0 Å². The lowest BCUT2D eigenvalue weighted by atomic mass is 10.1. The molecule has 1 N–H and O–H groups in total. The van der Waals surface area contributed by atoms with Crippen LogP contribution in [0.5, 0.6) is 5.75 Å². The van der Waals surface area contributed by atoms with E-state index in [4.69, 9.17) is 14.1 Å². The third-order valence-electron chi connectivity index (χ3n) is 4.69. The molecule has 28 heavy (non-hydrogen) atoms. The molecule has 1 aromatic heterocycles. The van der Waals surface area contributed by atoms with Crippen LogP contribution in [0.4, 0.5) is 0 Å². The number of carbonyl (C=O) groups is 1. The number of amides is 1. The molecule has 1 aromatic carbocycles. The number of benzene rings is 1. The molecule has 0 saturated carbocycles. The van der Waals surface area contributed by atoms with Crippen molar-refractivity contribution in [3.63, 3.8) is 0 Å². The minimum atomic E-state index is -0.0570. The molecular weight excluding hydrogens is 356 g/mol. The zero-order valence-corrected chi connectivity index (χ0v) is 16.8. The Labute approximate surface area is 166 Å². The Kier molecular flexibility index (Phi) is 6.57. The minimum absolute atomic E-state index is 0.0570. The number of nitrogens with zero attached hydrogens (tertiary/aromatic N) is 3. The number of rotatable bonds is 5. The van der Waals surface area contributed by atoms with E-state index in [2.05, 4.69) is 30.1 Å². The lowest BCUT2D eigenvalue weighted by molar-refractivity contribution is 0.0657. The number of hydrogen-bond donors (Lipinski definition) is 1. The number of aryl methyl sites for hydroxylation is 1. The van der Waals surface area contributed by atoms with Crippen LogP contribution < -0.4 is 10.1 Å². The van der Waals surface area contributed by atoms with Crippen molar-refractivity contribution in [2.75, 3.05) is 39.8 Å². The van der Waals surface area contributed by atoms with Gasteiger partial charge in [0.15, 0.2) is 11.7 Å². The van der Waals surface area contributed by atoms with Crippen LogP contribution >= 0.6 is 0 Å². The van der Waals surface area contributed by atoms with Crippen LogP contribution in [0.25, 0.3) is 0 Å². The second-order valence-electron chi connectivity index (χ2n) is 6.79. The van der Waals surface area contributed by atoms with Gasteiger partial charge in [-0.15, -0.1) is 0 Å². The summed E-state index contributed by atoms with van der Waals surface area (Å²) in [7, 11) is 1.68. The summed E-state index contributed by atoms with van der Waals surface area (Å²) < 4.78 is 10.6. The zero-order chi connectivity index (χ0) is 19.9. The maximum atomic E-state index is 12.4. The minimum Gasteiger partial charge on any atom is -0.497 e. The summed E-state index contributed by atoms with van der Waals surface area (Å²) in [5.74, 6) is 2.05. The maximum absolute atomic E-state index is 12.4. The van der Waals surface area contributed by atoms with Crippen molar-refractivity contribution in [2.24, 2.45) is 4.99 Å². The number of aliphatic imine (C=N–C) groups is 1. The van der Waals surface area contributed by atoms with Gasteiger partial charge in [0.2, 0.25) is 0 Å². The first-order valence-corrected chi connectivity index (χ1v) is 9.61. The van der Waals surface area contributed by atoms with E-state index < -0.39 is 0 Å². The number of carbonyl (C=O) groups excluding carboxylic acids is 1. The van der Waals surface area contributed by atoms with Gasteiger partial charge < -0.3 is 24.3 Å². The summed E-state index contributed by atoms with van der Waals surface area (Å²) in [6.07, 6.45) is 1.53. The molecule has 0 bridgehead atoms. The fourth-order valence-corrected chi connectivity index (χ4v) is 3.30. The predicted octanol–water partition coefficient (Wildman–Crippen LogP) is 2.52. The molecule has 1 saturated heterocycles. The van der Waals surface area contributed by atoms with Crippen molar-refractivity contribution in [1.29, 1.82) is 0 Å². The largest absolute Gasteiger partial charge is 0.497 e. The fraction of sp³-hybridized carbons (Fsp3) is 0.429. The molecule has 0 unspecified atom stereocenters. The lowest BCUT2D eigenvalue weighted by Crippen LogP contribution is -2.53. The molecule has 1 amide bonds. The van der Waals surface area contributed by atoms with Crippen LogP contribution in [-0.4, -0.2) is 61.5 Å². The maximum Gasteiger partial charge on any atom is 0.289 e. The first-order chi connectivity index (χ1) is 13.6. The predicted molar refractivity (Wildman–Crippen MR) is 109 cm³/mol. The van der Waals surface area contributed by atoms with Crippen LogP contribution in [0.15, 0.2) is 46.0 Å². The van der Waals surface area contributed by atoms with Gasteiger partial charge in [0.25, 0.3) is 5.91 Å². The SMILES string of the molecule is CCNC(=NCc1cc(C)cc(OC)c1)N1CCN(C(=O)c2ccco2)CC1. The smallest absolute Gasteiger partial charge is 0.289 e. The standard InChI is InChI=1S/C21H28N4O3/c1-4-22-21(23-15-17-12-16(2)13-18(14-17)27-3)25-9-7-24(8-10-25)20(26)19-6-5-11-28-19/h5-6,11-14H,4,7-10,15H2,1-3H3,(H,22,23). The molecule has 1 fully saturated rings. The topological polar surface area (TPSA) is 70.3 Å². The van der Waals surface area contributed by atoms with E-state index in [1.54, 1.807) is 19.2 Å². The van der Waals surface area contributed by atoms with Crippen molar-refractivity contribution < 1.29 is 13.9 Å². The first kappa shape index (κ1) is 19.8. The highest BCUT2D eigenvalue weighted by Gasteiger charge is 2.25. The van der Waals surface area contributed by atoms with E-state index >= 15 is 0 Å². The molecule has 3 rings (SSSR count). The van der Waals surface area contributed by atoms with Crippen molar-refractivity contribution >= 4 is 11.9 Å². The second kappa shape index (κ2) is 9.30. The van der Waals surface area contributed by atoms with Crippen LogP contribution in [0, 0.1) is 6.92 Å². The van der Waals surface area contributed by atoms with Gasteiger partial charge in [0.05, 0.1) is 19.9 Å². The van der Waals surface area contributed by atoms with Crippen molar-refractivity contribution in [3.05, 3.63) is 53.5 Å². The number of methoxy groups -OCH3 is 1. The summed E-state index contributed by atoms with van der Waals surface area (Å²) in [6, 6.07) is 9.58. The molecule has 2 heterocycles. The Balaban J connectivity index is 1.63. The number of hydrogen-bond acceptors (Lipinski definition) is 4. The lowest BCUT2D eigenvalue weighted by Gasteiger charge is -2.36. The summed E-state index contributed by atoms with van der Waals surface area (Å²) in [5, 5.41) is 3.36. The molecular formula is C21H28N4O3. The highest BCUT2D eigenvalue weighted by Crippen LogP contribution is 2.17. The highest BCUT2D eigenvalue weighted by atomic mass is 16.5. The second-order valence-corrected chi connectivity index (χ2v) is 6.79. The van der Waals surface area contributed by atoms with Gasteiger partial charge in [-0.3, -0.25) is 4.79 Å². The highest BCUT2D eigenvalue weighted by molar-refractivity contribution is 5.91. The van der Waals surface area contributed by atoms with Gasteiger partial charge >= 0.3 is 0 Å². The number of nitrogens with one attached hydrogen (secondary N) is 1. The van der Waals surface area contributed by atoms with E-state index in [1.165, 1.54) is 6.26 Å². The monoisotopic (exact) mass is 384 g/mol. The Bertz CT molecular complexity index is 809. The third kappa shape index (κ3) is 4.85. The van der Waals surface area contributed by atoms with Gasteiger partial charge in [-0.25, -0.2) is 4.99 Å². The quantitative estimate of drug-likeness (QED) is 0.634. The summed E-state index contributed by atoms with van der Waals surface area (Å²) in [6.45, 7) is 8.22. The first-order valence-electron chi connectivity index (χ1n) is 9.61. The molecule has 0 spiro atoms. The average Bonchev–Trinajstić information content (AvgIpc) is 3.25. The fourth-order valence-electron chi connectivity index (χ4n) is 3.30. The number of furan rings is 1. The summed E-state index contributed by atoms with van der Waals surface area (Å²) >= 11 is 0. The Morgan fingerprint density at radius 1 is 1.21 bits per heavy atom. The molecule has 0 atom stereocenters. The van der Waals surface area contributed by atoms with Crippen LogP contribution in [0.2, 0.25) is 0 Å². The zero-order valence-electron chi connectivity index (χ0n) is 16.8. The van der Waals surface area contributed by atoms with Crippen LogP contribution in [0.3, 0.4) is 0 Å². The molecule has 7 nitrogen and oxygen atoms in total. The number of guanidine groups is 1. The molecule has 150 valence electrons. The van der Waals surface area contributed by atoms with Crippen molar-refractivity contribution in [1.82, 2.24) is 15.1 Å². The van der Waals surface area contributed by atoms with E-state index in [1.807, 2.05) is 17.0 Å². The molecule has 0 radical (unpaired) electrons. The Morgan fingerprint density at radius 2 is 1.96 bits per heavy atom. The van der Waals surface area contributed by atoms with E-state index in [0.29, 0.717) is 25.4 Å². The summed E-state index contributed by atoms with van der Waals surface area (Å²) in [5.41, 5.74) is 2.26. The van der Waals surface area contributed by atoms with Gasteiger partial charge in [0, 0.05) is 32.7 Å². The molecule has 7 heteroatoms. The molecule has 0 aliphatic carbocycles.